The van der Waals surface area contributed by atoms with E-state index in [9.17, 15) is 14.7 Å². The molecule has 3 aromatic rings. The van der Waals surface area contributed by atoms with Crippen molar-refractivity contribution in [2.75, 3.05) is 14.2 Å². The van der Waals surface area contributed by atoms with Crippen molar-refractivity contribution in [2.24, 2.45) is 0 Å². The van der Waals surface area contributed by atoms with Gasteiger partial charge in [0, 0.05) is 5.56 Å². The lowest BCUT2D eigenvalue weighted by Crippen LogP contribution is -2.14. The van der Waals surface area contributed by atoms with Crippen LogP contribution in [0.1, 0.15) is 27.6 Å². The maximum Gasteiger partial charge on any atom is 0.347 e. The zero-order chi connectivity index (χ0) is 18.4. The minimum atomic E-state index is -1.10. The Morgan fingerprint density at radius 3 is 2.54 bits per heavy atom. The first-order valence-electron chi connectivity index (χ1n) is 7.77. The molecule has 2 aromatic carbocycles. The Bertz CT molecular complexity index is 1100. The summed E-state index contributed by atoms with van der Waals surface area (Å²) >= 11 is 0. The Morgan fingerprint density at radius 2 is 1.81 bits per heavy atom. The number of ether oxygens (including phenoxy) is 3. The van der Waals surface area contributed by atoms with Crippen LogP contribution in [0.2, 0.25) is 0 Å². The zero-order valence-electron chi connectivity index (χ0n) is 13.9. The molecule has 0 saturated heterocycles. The third-order valence-electron chi connectivity index (χ3n) is 4.37. The van der Waals surface area contributed by atoms with E-state index in [1.165, 1.54) is 14.2 Å². The topological polar surface area (TPSA) is 95.2 Å². The number of fused-ring (bicyclic) bond motifs is 2. The lowest BCUT2D eigenvalue weighted by atomic mass is 9.97. The number of benzene rings is 2. The van der Waals surface area contributed by atoms with Crippen LogP contribution in [0.3, 0.4) is 0 Å². The Hall–Kier alpha value is -3.48. The van der Waals surface area contributed by atoms with Crippen molar-refractivity contribution in [2.45, 2.75) is 6.10 Å². The summed E-state index contributed by atoms with van der Waals surface area (Å²) in [5.41, 5.74) is -0.116. The summed E-state index contributed by atoms with van der Waals surface area (Å²) in [6, 6.07) is 9.78. The average molecular weight is 354 g/mol. The van der Waals surface area contributed by atoms with E-state index in [1.807, 2.05) is 0 Å². The molecule has 0 aliphatic carbocycles. The molecule has 0 amide bonds. The number of cyclic esters (lactones) is 1. The first-order valence-corrected chi connectivity index (χ1v) is 7.77. The number of para-hydroxylation sites is 1. The molecule has 0 fully saturated rings. The molecular formula is C19H14O7. The first kappa shape index (κ1) is 16.0. The molecule has 2 heterocycles. The van der Waals surface area contributed by atoms with Gasteiger partial charge in [0.1, 0.15) is 22.5 Å². The van der Waals surface area contributed by atoms with Crippen LogP contribution >= 0.6 is 0 Å². The van der Waals surface area contributed by atoms with Gasteiger partial charge in [-0.3, -0.25) is 0 Å². The molecule has 132 valence electrons. The van der Waals surface area contributed by atoms with Crippen molar-refractivity contribution in [3.8, 4) is 17.2 Å². The van der Waals surface area contributed by atoms with Crippen molar-refractivity contribution in [1.29, 1.82) is 0 Å². The molecule has 1 N–H and O–H groups in total. The van der Waals surface area contributed by atoms with Crippen molar-refractivity contribution in [3.05, 3.63) is 63.5 Å². The van der Waals surface area contributed by atoms with Gasteiger partial charge in [-0.1, -0.05) is 18.2 Å². The molecule has 1 atom stereocenters. The van der Waals surface area contributed by atoms with E-state index < -0.39 is 17.7 Å². The Kier molecular flexibility index (Phi) is 3.57. The predicted molar refractivity (Wildman–Crippen MR) is 91.0 cm³/mol. The van der Waals surface area contributed by atoms with Gasteiger partial charge < -0.3 is 23.7 Å². The quantitative estimate of drug-likeness (QED) is 0.571. The van der Waals surface area contributed by atoms with Crippen molar-refractivity contribution in [1.82, 2.24) is 0 Å². The minimum absolute atomic E-state index is 0.136. The van der Waals surface area contributed by atoms with Crippen LogP contribution in [0.4, 0.5) is 0 Å². The van der Waals surface area contributed by atoms with Crippen molar-refractivity contribution in [3.63, 3.8) is 0 Å². The van der Waals surface area contributed by atoms with E-state index in [1.54, 1.807) is 36.4 Å². The molecule has 4 rings (SSSR count). The predicted octanol–water partition coefficient (Wildman–Crippen LogP) is 2.78. The third-order valence-corrected chi connectivity index (χ3v) is 4.37. The molecular weight excluding hydrogens is 340 g/mol. The highest BCUT2D eigenvalue weighted by Gasteiger charge is 2.40. The van der Waals surface area contributed by atoms with Gasteiger partial charge in [-0.25, -0.2) is 9.59 Å². The first-order chi connectivity index (χ1) is 12.6. The number of hydrogen-bond acceptors (Lipinski definition) is 7. The van der Waals surface area contributed by atoms with Gasteiger partial charge in [-0.2, -0.15) is 0 Å². The molecule has 1 unspecified atom stereocenters. The molecule has 7 heteroatoms. The molecule has 0 bridgehead atoms. The van der Waals surface area contributed by atoms with Crippen molar-refractivity contribution < 1.29 is 28.5 Å². The molecule has 1 aromatic heterocycles. The summed E-state index contributed by atoms with van der Waals surface area (Å²) in [7, 11) is 2.85. The SMILES string of the molecule is COc1ccc2c(c1OC)C(=O)OC2c1c(O)c2ccccc2oc1=O. The molecule has 0 saturated carbocycles. The minimum Gasteiger partial charge on any atom is -0.506 e. The number of methoxy groups -OCH3 is 2. The normalized spacial score (nSPS) is 15.6. The lowest BCUT2D eigenvalue weighted by Gasteiger charge is -2.13. The Balaban J connectivity index is 1.97. The number of carbonyl (C=O) groups excluding carboxylic acids is 1. The maximum absolute atomic E-state index is 12.5. The van der Waals surface area contributed by atoms with E-state index in [0.29, 0.717) is 16.7 Å². The summed E-state index contributed by atoms with van der Waals surface area (Å²) in [5.74, 6) is -0.384. The fourth-order valence-electron chi connectivity index (χ4n) is 3.19. The van der Waals surface area contributed by atoms with Gasteiger partial charge in [0.2, 0.25) is 0 Å². The molecule has 7 nitrogen and oxygen atoms in total. The molecule has 0 radical (unpaired) electrons. The number of rotatable bonds is 3. The van der Waals surface area contributed by atoms with Crippen LogP contribution in [0.25, 0.3) is 11.0 Å². The van der Waals surface area contributed by atoms with Gasteiger partial charge >= 0.3 is 11.6 Å². The van der Waals surface area contributed by atoms with Gasteiger partial charge in [-0.05, 0) is 18.2 Å². The second-order valence-corrected chi connectivity index (χ2v) is 5.70. The van der Waals surface area contributed by atoms with E-state index in [4.69, 9.17) is 18.6 Å². The van der Waals surface area contributed by atoms with Gasteiger partial charge in [0.15, 0.2) is 17.6 Å². The van der Waals surface area contributed by atoms with Crippen molar-refractivity contribution >= 4 is 16.9 Å². The van der Waals surface area contributed by atoms with E-state index in [2.05, 4.69) is 0 Å². The maximum atomic E-state index is 12.5. The largest absolute Gasteiger partial charge is 0.506 e. The number of esters is 1. The van der Waals surface area contributed by atoms with Crippen LogP contribution in [0, 0.1) is 0 Å². The Morgan fingerprint density at radius 1 is 1.04 bits per heavy atom. The smallest absolute Gasteiger partial charge is 0.347 e. The number of hydrogen-bond donors (Lipinski definition) is 1. The molecule has 1 aliphatic rings. The van der Waals surface area contributed by atoms with Crippen LogP contribution in [-0.2, 0) is 4.74 Å². The lowest BCUT2D eigenvalue weighted by molar-refractivity contribution is 0.0446. The van der Waals surface area contributed by atoms with Gasteiger partial charge in [-0.15, -0.1) is 0 Å². The van der Waals surface area contributed by atoms with Gasteiger partial charge in [0.25, 0.3) is 0 Å². The van der Waals surface area contributed by atoms with Crippen LogP contribution in [0.5, 0.6) is 17.2 Å². The molecule has 26 heavy (non-hydrogen) atoms. The standard InChI is InChI=1S/C19H14O7/c1-23-12-8-7-10-13(17(12)24-2)18(21)26-16(10)14-15(20)9-5-3-4-6-11(9)25-19(14)22/h3-8,16,20H,1-2H3. The fourth-order valence-corrected chi connectivity index (χ4v) is 3.19. The van der Waals surface area contributed by atoms with E-state index in [0.717, 1.165) is 0 Å². The summed E-state index contributed by atoms with van der Waals surface area (Å²) in [5, 5.41) is 11.0. The highest BCUT2D eigenvalue weighted by molar-refractivity contribution is 5.99. The van der Waals surface area contributed by atoms with Crippen LogP contribution < -0.4 is 15.1 Å². The van der Waals surface area contributed by atoms with E-state index in [-0.39, 0.29) is 28.2 Å². The summed E-state index contributed by atoms with van der Waals surface area (Å²) < 4.78 is 21.1. The fraction of sp³-hybridized carbons (Fsp3) is 0.158. The highest BCUT2D eigenvalue weighted by atomic mass is 16.6. The second kappa shape index (κ2) is 5.80. The zero-order valence-corrected chi connectivity index (χ0v) is 13.9. The number of carbonyl (C=O) groups is 1. The van der Waals surface area contributed by atoms with Crippen LogP contribution in [-0.4, -0.2) is 25.3 Å². The van der Waals surface area contributed by atoms with E-state index >= 15 is 0 Å². The molecule has 1 aliphatic heterocycles. The Labute approximate surface area is 147 Å². The third kappa shape index (κ3) is 2.13. The summed E-state index contributed by atoms with van der Waals surface area (Å²) in [4.78, 5) is 24.9. The molecule has 0 spiro atoms. The van der Waals surface area contributed by atoms with Crippen LogP contribution in [0.15, 0.2) is 45.6 Å². The van der Waals surface area contributed by atoms with Gasteiger partial charge in [0.05, 0.1) is 19.6 Å². The highest BCUT2D eigenvalue weighted by Crippen LogP contribution is 2.46. The summed E-state index contributed by atoms with van der Waals surface area (Å²) in [6.07, 6.45) is -1.10. The second-order valence-electron chi connectivity index (χ2n) is 5.70. The monoisotopic (exact) mass is 354 g/mol. The number of aromatic hydroxyl groups is 1. The average Bonchev–Trinajstić information content (AvgIpc) is 2.97. The summed E-state index contributed by atoms with van der Waals surface area (Å²) in [6.45, 7) is 0.